The molecular formula is C23H32FN2O2+. The van der Waals surface area contributed by atoms with Crippen LogP contribution in [0, 0.1) is 12.7 Å². The summed E-state index contributed by atoms with van der Waals surface area (Å²) in [4.78, 5) is 3.42. The fourth-order valence-corrected chi connectivity index (χ4v) is 3.80. The number of nitrogens with zero attached hydrogens (tertiary/aromatic N) is 1. The molecule has 1 saturated heterocycles. The van der Waals surface area contributed by atoms with Crippen LogP contribution in [-0.4, -0.2) is 50.5 Å². The van der Waals surface area contributed by atoms with E-state index in [0.717, 1.165) is 37.5 Å². The van der Waals surface area contributed by atoms with Gasteiger partial charge in [-0.1, -0.05) is 38.1 Å². The van der Waals surface area contributed by atoms with E-state index in [4.69, 9.17) is 4.74 Å². The van der Waals surface area contributed by atoms with Crippen molar-refractivity contribution in [1.29, 1.82) is 0 Å². The lowest BCUT2D eigenvalue weighted by Crippen LogP contribution is -3.16. The first-order valence-corrected chi connectivity index (χ1v) is 10.2. The van der Waals surface area contributed by atoms with E-state index in [-0.39, 0.29) is 5.82 Å². The van der Waals surface area contributed by atoms with Crippen LogP contribution in [-0.2, 0) is 0 Å². The Morgan fingerprint density at radius 3 is 2.54 bits per heavy atom. The Hall–Kier alpha value is -2.11. The van der Waals surface area contributed by atoms with Crippen LogP contribution in [0.1, 0.15) is 30.9 Å². The monoisotopic (exact) mass is 387 g/mol. The molecule has 0 amide bonds. The lowest BCUT2D eigenvalue weighted by Gasteiger charge is -2.34. The van der Waals surface area contributed by atoms with Gasteiger partial charge in [0.1, 0.15) is 30.8 Å². The van der Waals surface area contributed by atoms with Gasteiger partial charge in [-0.2, -0.15) is 0 Å². The molecule has 0 unspecified atom stereocenters. The van der Waals surface area contributed by atoms with Gasteiger partial charge in [0.15, 0.2) is 0 Å². The maximum absolute atomic E-state index is 14.0. The number of quaternary nitrogens is 1. The van der Waals surface area contributed by atoms with Crippen LogP contribution >= 0.6 is 0 Å². The SMILES string of the molecule is Cc1ccc(C(C)C)c(OC[C@@H](O)C[NH+]2CCN(c3ccccc3F)CC2)c1. The second kappa shape index (κ2) is 9.39. The number of anilines is 1. The highest BCUT2D eigenvalue weighted by atomic mass is 19.1. The molecular weight excluding hydrogens is 355 g/mol. The minimum atomic E-state index is -0.518. The van der Waals surface area contributed by atoms with Crippen molar-refractivity contribution in [2.75, 3.05) is 44.2 Å². The van der Waals surface area contributed by atoms with Crippen LogP contribution < -0.4 is 14.5 Å². The van der Waals surface area contributed by atoms with Gasteiger partial charge in [-0.15, -0.1) is 0 Å². The Balaban J connectivity index is 1.48. The highest BCUT2D eigenvalue weighted by Crippen LogP contribution is 2.27. The Bertz CT molecular complexity index is 773. The summed E-state index contributed by atoms with van der Waals surface area (Å²) in [6, 6.07) is 13.2. The van der Waals surface area contributed by atoms with Crippen LogP contribution in [0.15, 0.2) is 42.5 Å². The Morgan fingerprint density at radius 1 is 1.14 bits per heavy atom. The standard InChI is InChI=1S/C23H31FN2O2/c1-17(2)20-9-8-18(3)14-23(20)28-16-19(27)15-25-10-12-26(13-11-25)22-7-5-4-6-21(22)24/h4-9,14,17,19,27H,10-13,15-16H2,1-3H3/p+1/t19-/m0/s1. The first-order valence-electron chi connectivity index (χ1n) is 10.2. The van der Waals surface area contributed by atoms with E-state index >= 15 is 0 Å². The van der Waals surface area contributed by atoms with Crippen molar-refractivity contribution < 1.29 is 19.1 Å². The maximum atomic E-state index is 14.0. The Kier molecular flexibility index (Phi) is 6.92. The second-order valence-electron chi connectivity index (χ2n) is 8.05. The number of aliphatic hydroxyl groups is 1. The minimum absolute atomic E-state index is 0.168. The van der Waals surface area contributed by atoms with Gasteiger partial charge in [0, 0.05) is 0 Å². The summed E-state index contributed by atoms with van der Waals surface area (Å²) in [6.07, 6.45) is -0.518. The summed E-state index contributed by atoms with van der Waals surface area (Å²) in [7, 11) is 0. The van der Waals surface area contributed by atoms with E-state index in [0.29, 0.717) is 24.8 Å². The normalized spacial score (nSPS) is 16.4. The third-order valence-corrected chi connectivity index (χ3v) is 5.41. The molecule has 1 fully saturated rings. The molecule has 152 valence electrons. The molecule has 2 aromatic carbocycles. The molecule has 0 spiro atoms. The lowest BCUT2D eigenvalue weighted by molar-refractivity contribution is -0.903. The quantitative estimate of drug-likeness (QED) is 0.766. The summed E-state index contributed by atoms with van der Waals surface area (Å²) in [6.45, 7) is 10.6. The first-order chi connectivity index (χ1) is 13.4. The van der Waals surface area contributed by atoms with Crippen molar-refractivity contribution in [2.24, 2.45) is 0 Å². The fraction of sp³-hybridized carbons (Fsp3) is 0.478. The number of nitrogens with one attached hydrogen (secondary N) is 1. The van der Waals surface area contributed by atoms with Crippen molar-refractivity contribution in [1.82, 2.24) is 0 Å². The number of para-hydroxylation sites is 1. The van der Waals surface area contributed by atoms with E-state index in [1.807, 2.05) is 25.1 Å². The fourth-order valence-electron chi connectivity index (χ4n) is 3.80. The number of ether oxygens (including phenoxy) is 1. The number of aliphatic hydroxyl groups excluding tert-OH is 1. The average Bonchev–Trinajstić information content (AvgIpc) is 2.67. The van der Waals surface area contributed by atoms with Crippen LogP contribution in [0.3, 0.4) is 0 Å². The lowest BCUT2D eigenvalue weighted by atomic mass is 10.0. The van der Waals surface area contributed by atoms with Crippen molar-refractivity contribution in [3.8, 4) is 5.75 Å². The number of piperazine rings is 1. The van der Waals surface area contributed by atoms with E-state index in [1.165, 1.54) is 16.5 Å². The van der Waals surface area contributed by atoms with Gasteiger partial charge in [-0.05, 0) is 42.2 Å². The zero-order chi connectivity index (χ0) is 20.1. The number of benzene rings is 2. The minimum Gasteiger partial charge on any atom is -0.490 e. The largest absolute Gasteiger partial charge is 0.490 e. The smallest absolute Gasteiger partial charge is 0.146 e. The van der Waals surface area contributed by atoms with Crippen LogP contribution in [0.25, 0.3) is 0 Å². The molecule has 0 radical (unpaired) electrons. The van der Waals surface area contributed by atoms with Gasteiger partial charge in [-0.25, -0.2) is 4.39 Å². The van der Waals surface area contributed by atoms with Crippen LogP contribution in [0.4, 0.5) is 10.1 Å². The van der Waals surface area contributed by atoms with Gasteiger partial charge in [0.25, 0.3) is 0 Å². The molecule has 5 heteroatoms. The molecule has 1 atom stereocenters. The molecule has 3 rings (SSSR count). The van der Waals surface area contributed by atoms with Gasteiger partial charge >= 0.3 is 0 Å². The third kappa shape index (κ3) is 5.24. The molecule has 0 bridgehead atoms. The van der Waals surface area contributed by atoms with Crippen molar-refractivity contribution in [3.05, 3.63) is 59.4 Å². The average molecular weight is 388 g/mol. The number of halogens is 1. The highest BCUT2D eigenvalue weighted by Gasteiger charge is 2.24. The van der Waals surface area contributed by atoms with Crippen LogP contribution in [0.5, 0.6) is 5.75 Å². The van der Waals surface area contributed by atoms with Gasteiger partial charge in [-0.3, -0.25) is 0 Å². The number of hydrogen-bond acceptors (Lipinski definition) is 3. The molecule has 0 aromatic heterocycles. The molecule has 4 nitrogen and oxygen atoms in total. The number of aryl methyl sites for hydroxylation is 1. The number of hydrogen-bond donors (Lipinski definition) is 2. The summed E-state index contributed by atoms with van der Waals surface area (Å²) < 4.78 is 19.9. The molecule has 28 heavy (non-hydrogen) atoms. The molecule has 2 N–H and O–H groups in total. The highest BCUT2D eigenvalue weighted by molar-refractivity contribution is 5.47. The molecule has 2 aromatic rings. The Labute approximate surface area is 167 Å². The zero-order valence-electron chi connectivity index (χ0n) is 17.1. The topological polar surface area (TPSA) is 37.1 Å². The van der Waals surface area contributed by atoms with E-state index < -0.39 is 6.10 Å². The molecule has 1 heterocycles. The van der Waals surface area contributed by atoms with Crippen molar-refractivity contribution >= 4 is 5.69 Å². The van der Waals surface area contributed by atoms with Gasteiger partial charge in [0.05, 0.1) is 31.9 Å². The zero-order valence-corrected chi connectivity index (χ0v) is 17.1. The van der Waals surface area contributed by atoms with Gasteiger partial charge < -0.3 is 19.6 Å². The van der Waals surface area contributed by atoms with E-state index in [9.17, 15) is 9.50 Å². The molecule has 0 saturated carbocycles. The summed E-state index contributed by atoms with van der Waals surface area (Å²) in [5.74, 6) is 1.08. The summed E-state index contributed by atoms with van der Waals surface area (Å²) in [5, 5.41) is 10.5. The second-order valence-corrected chi connectivity index (χ2v) is 8.05. The van der Waals surface area contributed by atoms with E-state index in [2.05, 4.69) is 30.9 Å². The summed E-state index contributed by atoms with van der Waals surface area (Å²) in [5.41, 5.74) is 3.00. The van der Waals surface area contributed by atoms with Gasteiger partial charge in [0.2, 0.25) is 0 Å². The predicted molar refractivity (Wildman–Crippen MR) is 111 cm³/mol. The third-order valence-electron chi connectivity index (χ3n) is 5.41. The Morgan fingerprint density at radius 2 is 1.86 bits per heavy atom. The predicted octanol–water partition coefficient (Wildman–Crippen LogP) is 2.40. The van der Waals surface area contributed by atoms with Crippen molar-refractivity contribution in [2.45, 2.75) is 32.8 Å². The molecule has 0 aliphatic carbocycles. The molecule has 1 aliphatic rings. The molecule has 1 aliphatic heterocycles. The van der Waals surface area contributed by atoms with E-state index in [1.54, 1.807) is 6.07 Å². The van der Waals surface area contributed by atoms with Crippen molar-refractivity contribution in [3.63, 3.8) is 0 Å². The first kappa shape index (κ1) is 20.6. The summed E-state index contributed by atoms with van der Waals surface area (Å²) >= 11 is 0. The maximum Gasteiger partial charge on any atom is 0.146 e. The van der Waals surface area contributed by atoms with Crippen LogP contribution in [0.2, 0.25) is 0 Å². The number of rotatable bonds is 7.